The Hall–Kier alpha value is -1.92. The van der Waals surface area contributed by atoms with Crippen molar-refractivity contribution in [2.24, 2.45) is 5.73 Å². The van der Waals surface area contributed by atoms with Crippen LogP contribution in [0.25, 0.3) is 0 Å². The number of carbonyl (C=O) groups is 1. The van der Waals surface area contributed by atoms with Gasteiger partial charge in [-0.1, -0.05) is 12.8 Å². The number of amides is 2. The first-order valence-electron chi connectivity index (χ1n) is 5.70. The van der Waals surface area contributed by atoms with E-state index in [-0.39, 0.29) is 17.4 Å². The van der Waals surface area contributed by atoms with Gasteiger partial charge < -0.3 is 10.8 Å². The summed E-state index contributed by atoms with van der Waals surface area (Å²) in [5, 5.41) is 12.2. The third-order valence-corrected chi connectivity index (χ3v) is 2.95. The molecule has 0 fully saturated rings. The quantitative estimate of drug-likeness (QED) is 0.662. The van der Waals surface area contributed by atoms with Gasteiger partial charge in [-0.15, -0.1) is 0 Å². The number of rotatable bonds is 1. The number of fused-ring (bicyclic) bond motifs is 2. The van der Waals surface area contributed by atoms with Gasteiger partial charge in [0.05, 0.1) is 0 Å². The van der Waals surface area contributed by atoms with Gasteiger partial charge >= 0.3 is 11.7 Å². The minimum atomic E-state index is -0.789. The predicted octanol–water partition coefficient (Wildman–Crippen LogP) is 0.420. The molecular weight excluding hydrogens is 224 g/mol. The fourth-order valence-corrected chi connectivity index (χ4v) is 2.12. The van der Waals surface area contributed by atoms with Gasteiger partial charge in [-0.2, -0.15) is 0 Å². The standard InChI is InChI=1S/C10H16N4O3/c11-9(16)12-7-8(15)14-6-4-2-1-3-5-13(7)10(14)17/h15H,1-6H2,(H3,11,12,16). The molecule has 0 spiro atoms. The summed E-state index contributed by atoms with van der Waals surface area (Å²) in [6, 6.07) is -0.789. The van der Waals surface area contributed by atoms with Gasteiger partial charge in [-0.05, 0) is 12.8 Å². The summed E-state index contributed by atoms with van der Waals surface area (Å²) >= 11 is 0. The molecule has 1 aliphatic heterocycles. The minimum Gasteiger partial charge on any atom is -0.492 e. The van der Waals surface area contributed by atoms with Gasteiger partial charge in [0.2, 0.25) is 5.88 Å². The van der Waals surface area contributed by atoms with E-state index in [1.165, 1.54) is 9.13 Å². The molecule has 0 radical (unpaired) electrons. The van der Waals surface area contributed by atoms with Gasteiger partial charge in [-0.3, -0.25) is 14.5 Å². The fourth-order valence-electron chi connectivity index (χ4n) is 2.12. The molecule has 0 atom stereocenters. The third kappa shape index (κ3) is 2.13. The van der Waals surface area contributed by atoms with Crippen molar-refractivity contribution in [1.29, 1.82) is 0 Å². The zero-order valence-electron chi connectivity index (χ0n) is 9.48. The number of nitrogens with one attached hydrogen (secondary N) is 1. The molecule has 2 amide bonds. The van der Waals surface area contributed by atoms with E-state index < -0.39 is 6.03 Å². The van der Waals surface area contributed by atoms with Gasteiger partial charge in [0, 0.05) is 13.1 Å². The van der Waals surface area contributed by atoms with Crippen molar-refractivity contribution < 1.29 is 9.90 Å². The highest BCUT2D eigenvalue weighted by Gasteiger charge is 2.20. The number of hydrogen-bond acceptors (Lipinski definition) is 3. The Bertz CT molecular complexity index is 488. The van der Waals surface area contributed by atoms with E-state index in [0.29, 0.717) is 13.1 Å². The lowest BCUT2D eigenvalue weighted by Gasteiger charge is -2.08. The lowest BCUT2D eigenvalue weighted by molar-refractivity contribution is 0.259. The molecule has 0 aliphatic carbocycles. The summed E-state index contributed by atoms with van der Waals surface area (Å²) < 4.78 is 2.64. The van der Waals surface area contributed by atoms with Crippen LogP contribution in [0.4, 0.5) is 10.6 Å². The van der Waals surface area contributed by atoms with Crippen LogP contribution in [0.1, 0.15) is 25.7 Å². The molecule has 0 unspecified atom stereocenters. The maximum Gasteiger partial charge on any atom is 0.332 e. The summed E-state index contributed by atoms with van der Waals surface area (Å²) in [7, 11) is 0. The molecule has 17 heavy (non-hydrogen) atoms. The molecular formula is C10H16N4O3. The number of urea groups is 1. The molecule has 2 heterocycles. The Kier molecular flexibility index (Phi) is 3.08. The first-order chi connectivity index (χ1) is 8.11. The molecule has 94 valence electrons. The van der Waals surface area contributed by atoms with Crippen molar-refractivity contribution >= 4 is 11.8 Å². The molecule has 2 bridgehead atoms. The fraction of sp³-hybridized carbons (Fsp3) is 0.600. The zero-order valence-corrected chi connectivity index (χ0v) is 9.48. The molecule has 7 heteroatoms. The highest BCUT2D eigenvalue weighted by atomic mass is 16.3. The highest BCUT2D eigenvalue weighted by molar-refractivity contribution is 5.88. The predicted molar refractivity (Wildman–Crippen MR) is 62.0 cm³/mol. The van der Waals surface area contributed by atoms with E-state index in [0.717, 1.165) is 25.7 Å². The van der Waals surface area contributed by atoms with Crippen molar-refractivity contribution in [2.45, 2.75) is 38.8 Å². The molecule has 0 aromatic carbocycles. The van der Waals surface area contributed by atoms with Crippen molar-refractivity contribution in [1.82, 2.24) is 9.13 Å². The number of aromatic hydroxyl groups is 1. The number of imidazole rings is 1. The maximum absolute atomic E-state index is 12.0. The SMILES string of the molecule is NC(=O)Nc1c(O)n2c(=O)n1CCCCCC2. The van der Waals surface area contributed by atoms with Gasteiger partial charge in [0.15, 0.2) is 5.82 Å². The second kappa shape index (κ2) is 4.52. The molecule has 1 aromatic heterocycles. The summed E-state index contributed by atoms with van der Waals surface area (Å²) in [5.74, 6) is -0.111. The van der Waals surface area contributed by atoms with Crippen LogP contribution in [-0.4, -0.2) is 20.3 Å². The third-order valence-electron chi connectivity index (χ3n) is 2.95. The van der Waals surface area contributed by atoms with Crippen LogP contribution < -0.4 is 16.7 Å². The summed E-state index contributed by atoms with van der Waals surface area (Å²) in [6.45, 7) is 0.945. The summed E-state index contributed by atoms with van der Waals surface area (Å²) in [6.07, 6.45) is 3.75. The van der Waals surface area contributed by atoms with Crippen LogP contribution in [0.5, 0.6) is 5.88 Å². The van der Waals surface area contributed by atoms with E-state index in [1.807, 2.05) is 0 Å². The lowest BCUT2D eigenvalue weighted by atomic mass is 10.2. The van der Waals surface area contributed by atoms with Crippen molar-refractivity contribution in [2.75, 3.05) is 5.32 Å². The number of hydrogen-bond donors (Lipinski definition) is 3. The number of aromatic nitrogens is 2. The Morgan fingerprint density at radius 1 is 1.18 bits per heavy atom. The molecule has 0 saturated heterocycles. The number of nitrogens with zero attached hydrogens (tertiary/aromatic N) is 2. The Morgan fingerprint density at radius 2 is 1.76 bits per heavy atom. The van der Waals surface area contributed by atoms with Gasteiger partial charge in [0.25, 0.3) is 0 Å². The maximum atomic E-state index is 12.0. The van der Waals surface area contributed by atoms with Crippen LogP contribution in [0.3, 0.4) is 0 Å². The van der Waals surface area contributed by atoms with Crippen LogP contribution in [0.2, 0.25) is 0 Å². The van der Waals surface area contributed by atoms with Crippen molar-refractivity contribution in [3.63, 3.8) is 0 Å². The average Bonchev–Trinajstić information content (AvgIpc) is 2.53. The van der Waals surface area contributed by atoms with E-state index in [1.54, 1.807) is 0 Å². The molecule has 4 N–H and O–H groups in total. The molecule has 2 rings (SSSR count). The molecule has 0 saturated carbocycles. The second-order valence-corrected chi connectivity index (χ2v) is 4.16. The van der Waals surface area contributed by atoms with E-state index in [2.05, 4.69) is 5.32 Å². The molecule has 7 nitrogen and oxygen atoms in total. The number of nitrogens with two attached hydrogens (primary N) is 1. The van der Waals surface area contributed by atoms with Crippen molar-refractivity contribution in [3.05, 3.63) is 10.5 Å². The van der Waals surface area contributed by atoms with Gasteiger partial charge in [0.1, 0.15) is 0 Å². The summed E-state index contributed by atoms with van der Waals surface area (Å²) in [5.41, 5.74) is 4.72. The summed E-state index contributed by atoms with van der Waals surface area (Å²) in [4.78, 5) is 22.8. The van der Waals surface area contributed by atoms with E-state index in [4.69, 9.17) is 5.73 Å². The minimum absolute atomic E-state index is 0.101. The van der Waals surface area contributed by atoms with Crippen LogP contribution in [-0.2, 0) is 13.1 Å². The van der Waals surface area contributed by atoms with Crippen LogP contribution in [0, 0.1) is 0 Å². The van der Waals surface area contributed by atoms with Gasteiger partial charge in [-0.25, -0.2) is 9.59 Å². The first-order valence-corrected chi connectivity index (χ1v) is 5.70. The second-order valence-electron chi connectivity index (χ2n) is 4.16. The lowest BCUT2D eigenvalue weighted by Crippen LogP contribution is -2.26. The number of primary amides is 1. The Morgan fingerprint density at radius 3 is 2.35 bits per heavy atom. The normalized spacial score (nSPS) is 15.8. The molecule has 1 aromatic rings. The average molecular weight is 240 g/mol. The molecule has 1 aliphatic rings. The van der Waals surface area contributed by atoms with E-state index in [9.17, 15) is 14.7 Å². The number of carbonyl (C=O) groups excluding carboxylic acids is 1. The number of anilines is 1. The van der Waals surface area contributed by atoms with Crippen LogP contribution in [0.15, 0.2) is 4.79 Å². The smallest absolute Gasteiger partial charge is 0.332 e. The monoisotopic (exact) mass is 240 g/mol. The van der Waals surface area contributed by atoms with Crippen molar-refractivity contribution in [3.8, 4) is 5.88 Å². The largest absolute Gasteiger partial charge is 0.492 e. The van der Waals surface area contributed by atoms with Crippen LogP contribution >= 0.6 is 0 Å². The Balaban J connectivity index is 2.48. The highest BCUT2D eigenvalue weighted by Crippen LogP contribution is 2.24. The first kappa shape index (κ1) is 11.6. The zero-order chi connectivity index (χ0) is 12.4. The topological polar surface area (TPSA) is 102 Å². The Labute approximate surface area is 97.8 Å². The van der Waals surface area contributed by atoms with E-state index >= 15 is 0 Å².